The highest BCUT2D eigenvalue weighted by Gasteiger charge is 2.45. The Hall–Kier alpha value is -3.83. The van der Waals surface area contributed by atoms with Gasteiger partial charge in [0.25, 0.3) is 0 Å². The zero-order chi connectivity index (χ0) is 24.3. The normalized spacial score (nSPS) is 19.4. The number of benzene rings is 2. The van der Waals surface area contributed by atoms with Gasteiger partial charge < -0.3 is 25.2 Å². The molecule has 2 unspecified atom stereocenters. The van der Waals surface area contributed by atoms with Crippen LogP contribution in [0.25, 0.3) is 11.1 Å². The molecular formula is C26H26N2O6. The Morgan fingerprint density at radius 3 is 2.32 bits per heavy atom. The fourth-order valence-corrected chi connectivity index (χ4v) is 4.56. The van der Waals surface area contributed by atoms with E-state index in [0.29, 0.717) is 0 Å². The molecule has 2 aromatic carbocycles. The van der Waals surface area contributed by atoms with Gasteiger partial charge in [0.05, 0.1) is 6.54 Å². The van der Waals surface area contributed by atoms with E-state index in [1.807, 2.05) is 48.5 Å². The lowest BCUT2D eigenvalue weighted by Gasteiger charge is -2.24. The smallest absolute Gasteiger partial charge is 0.407 e. The van der Waals surface area contributed by atoms with E-state index < -0.39 is 29.6 Å². The molecule has 8 heteroatoms. The van der Waals surface area contributed by atoms with Gasteiger partial charge in [-0.15, -0.1) is 11.8 Å². The number of carboxylic acids is 1. The molecule has 34 heavy (non-hydrogen) atoms. The summed E-state index contributed by atoms with van der Waals surface area (Å²) in [7, 11) is 0. The number of nitrogens with one attached hydrogen (secondary N) is 1. The van der Waals surface area contributed by atoms with Crippen LogP contribution in [-0.4, -0.2) is 64.4 Å². The molecule has 1 aliphatic heterocycles. The molecule has 1 heterocycles. The first-order valence-electron chi connectivity index (χ1n) is 11.1. The van der Waals surface area contributed by atoms with E-state index in [0.717, 1.165) is 22.3 Å². The molecule has 0 spiro atoms. The summed E-state index contributed by atoms with van der Waals surface area (Å²) in [6.45, 7) is 1.45. The summed E-state index contributed by atoms with van der Waals surface area (Å²) in [6.07, 6.45) is -0.794. The standard InChI is InChI=1S/C26H26N2O6/c1-2-3-12-22(23(29)28-14-13-26(33,16-28)24(30)31)27-25(32)34-15-21-19-10-6-4-8-17(19)18-9-5-7-11-20(18)21/h4-11,21-22,33H,12-16H2,1H3,(H,27,32)(H,30,31). The highest BCUT2D eigenvalue weighted by atomic mass is 16.5. The Balaban J connectivity index is 1.43. The molecular weight excluding hydrogens is 436 g/mol. The lowest BCUT2D eigenvalue weighted by Crippen LogP contribution is -2.50. The van der Waals surface area contributed by atoms with Crippen molar-refractivity contribution in [2.45, 2.75) is 37.3 Å². The van der Waals surface area contributed by atoms with Gasteiger partial charge >= 0.3 is 12.1 Å². The van der Waals surface area contributed by atoms with Crippen molar-refractivity contribution in [1.29, 1.82) is 0 Å². The summed E-state index contributed by atoms with van der Waals surface area (Å²) in [5.74, 6) is 3.47. The van der Waals surface area contributed by atoms with Gasteiger partial charge in [0, 0.05) is 25.3 Å². The minimum absolute atomic E-state index is 0.0432. The van der Waals surface area contributed by atoms with E-state index in [1.165, 1.54) is 4.90 Å². The van der Waals surface area contributed by atoms with Crippen molar-refractivity contribution >= 4 is 18.0 Å². The van der Waals surface area contributed by atoms with E-state index in [-0.39, 0.29) is 38.5 Å². The number of ether oxygens (including phenoxy) is 1. The van der Waals surface area contributed by atoms with Crippen molar-refractivity contribution in [3.05, 3.63) is 59.7 Å². The molecule has 4 rings (SSSR count). The van der Waals surface area contributed by atoms with Gasteiger partial charge in [0.15, 0.2) is 5.60 Å². The van der Waals surface area contributed by atoms with Gasteiger partial charge in [-0.3, -0.25) is 4.79 Å². The molecule has 176 valence electrons. The van der Waals surface area contributed by atoms with E-state index in [1.54, 1.807) is 6.92 Å². The number of likely N-dealkylation sites (tertiary alicyclic amines) is 1. The van der Waals surface area contributed by atoms with Crippen LogP contribution in [0, 0.1) is 11.8 Å². The Labute approximate surface area is 197 Å². The lowest BCUT2D eigenvalue weighted by molar-refractivity contribution is -0.157. The summed E-state index contributed by atoms with van der Waals surface area (Å²) in [6, 6.07) is 14.9. The van der Waals surface area contributed by atoms with Crippen molar-refractivity contribution < 1.29 is 29.3 Å². The number of rotatable bonds is 6. The highest BCUT2D eigenvalue weighted by molar-refractivity contribution is 5.88. The number of hydrogen-bond acceptors (Lipinski definition) is 5. The number of alkyl carbamates (subject to hydrolysis) is 1. The summed E-state index contributed by atoms with van der Waals surface area (Å²) >= 11 is 0. The molecule has 0 bridgehead atoms. The fraction of sp³-hybridized carbons (Fsp3) is 0.346. The van der Waals surface area contributed by atoms with Crippen LogP contribution in [0.5, 0.6) is 0 Å². The monoisotopic (exact) mass is 462 g/mol. The van der Waals surface area contributed by atoms with Gasteiger partial charge in [-0.2, -0.15) is 0 Å². The maximum atomic E-state index is 13.0. The molecule has 2 aliphatic rings. The molecule has 8 nitrogen and oxygen atoms in total. The largest absolute Gasteiger partial charge is 0.479 e. The molecule has 2 amide bonds. The summed E-state index contributed by atoms with van der Waals surface area (Å²) in [4.78, 5) is 38.2. The Bertz CT molecular complexity index is 1140. The second kappa shape index (κ2) is 9.57. The van der Waals surface area contributed by atoms with Crippen LogP contribution in [0.2, 0.25) is 0 Å². The predicted molar refractivity (Wildman–Crippen MR) is 124 cm³/mol. The van der Waals surface area contributed by atoms with Crippen molar-refractivity contribution in [1.82, 2.24) is 10.2 Å². The van der Waals surface area contributed by atoms with Gasteiger partial charge in [-0.25, -0.2) is 9.59 Å². The minimum atomic E-state index is -1.99. The first kappa shape index (κ1) is 23.3. The molecule has 0 aromatic heterocycles. The maximum absolute atomic E-state index is 13.0. The van der Waals surface area contributed by atoms with Crippen molar-refractivity contribution in [2.24, 2.45) is 0 Å². The molecule has 3 N–H and O–H groups in total. The Morgan fingerprint density at radius 1 is 1.15 bits per heavy atom. The first-order valence-corrected chi connectivity index (χ1v) is 11.1. The Morgan fingerprint density at radius 2 is 1.76 bits per heavy atom. The molecule has 1 saturated heterocycles. The highest BCUT2D eigenvalue weighted by Crippen LogP contribution is 2.44. The SMILES string of the molecule is CC#CCC(NC(=O)OCC1c2ccccc2-c2ccccc21)C(=O)N1CCC(O)(C(=O)O)C1. The lowest BCUT2D eigenvalue weighted by atomic mass is 9.98. The number of hydrogen-bond donors (Lipinski definition) is 3. The zero-order valence-electron chi connectivity index (χ0n) is 18.8. The molecule has 0 saturated carbocycles. The van der Waals surface area contributed by atoms with Crippen LogP contribution in [0.15, 0.2) is 48.5 Å². The third kappa shape index (κ3) is 4.47. The van der Waals surface area contributed by atoms with Gasteiger partial charge in [-0.1, -0.05) is 48.5 Å². The number of carboxylic acid groups (broad SMARTS) is 1. The van der Waals surface area contributed by atoms with E-state index in [2.05, 4.69) is 17.2 Å². The fourth-order valence-electron chi connectivity index (χ4n) is 4.56. The van der Waals surface area contributed by atoms with Crippen molar-refractivity contribution in [2.75, 3.05) is 19.7 Å². The average Bonchev–Trinajstić information content (AvgIpc) is 3.39. The van der Waals surface area contributed by atoms with Gasteiger partial charge in [-0.05, 0) is 29.2 Å². The van der Waals surface area contributed by atoms with E-state index >= 15 is 0 Å². The first-order chi connectivity index (χ1) is 16.3. The van der Waals surface area contributed by atoms with Crippen LogP contribution < -0.4 is 5.32 Å². The number of carbonyl (C=O) groups is 3. The van der Waals surface area contributed by atoms with E-state index in [4.69, 9.17) is 4.74 Å². The topological polar surface area (TPSA) is 116 Å². The molecule has 1 fully saturated rings. The number of fused-ring (bicyclic) bond motifs is 3. The van der Waals surface area contributed by atoms with E-state index in [9.17, 15) is 24.6 Å². The number of β-amino-alcohol motifs (C(OH)–C–C–N with tert-alkyl or cyclic N) is 1. The third-order valence-electron chi connectivity index (χ3n) is 6.37. The number of amides is 2. The number of carbonyl (C=O) groups excluding carboxylic acids is 2. The van der Waals surface area contributed by atoms with Crippen molar-refractivity contribution in [3.63, 3.8) is 0 Å². The number of nitrogens with zero attached hydrogens (tertiary/aromatic N) is 1. The van der Waals surface area contributed by atoms with Crippen LogP contribution in [-0.2, 0) is 14.3 Å². The molecule has 2 atom stereocenters. The second-order valence-electron chi connectivity index (χ2n) is 8.50. The third-order valence-corrected chi connectivity index (χ3v) is 6.37. The average molecular weight is 463 g/mol. The molecule has 2 aromatic rings. The minimum Gasteiger partial charge on any atom is -0.479 e. The molecule has 0 radical (unpaired) electrons. The van der Waals surface area contributed by atoms with Gasteiger partial charge in [0.1, 0.15) is 12.6 Å². The maximum Gasteiger partial charge on any atom is 0.407 e. The van der Waals surface area contributed by atoms with Gasteiger partial charge in [0.2, 0.25) is 5.91 Å². The summed E-state index contributed by atoms with van der Waals surface area (Å²) in [5.41, 5.74) is 2.38. The summed E-state index contributed by atoms with van der Waals surface area (Å²) in [5, 5.41) is 21.9. The Kier molecular flexibility index (Phi) is 6.57. The van der Waals surface area contributed by atoms with Crippen LogP contribution >= 0.6 is 0 Å². The van der Waals surface area contributed by atoms with Crippen molar-refractivity contribution in [3.8, 4) is 23.0 Å². The molecule has 1 aliphatic carbocycles. The van der Waals surface area contributed by atoms with Crippen LogP contribution in [0.1, 0.15) is 36.8 Å². The van der Waals surface area contributed by atoms with Crippen LogP contribution in [0.3, 0.4) is 0 Å². The predicted octanol–water partition coefficient (Wildman–Crippen LogP) is 2.36. The van der Waals surface area contributed by atoms with Crippen LogP contribution in [0.4, 0.5) is 4.79 Å². The second-order valence-corrected chi connectivity index (χ2v) is 8.50. The number of aliphatic carboxylic acids is 1. The zero-order valence-corrected chi connectivity index (χ0v) is 18.8. The summed E-state index contributed by atoms with van der Waals surface area (Å²) < 4.78 is 5.53. The quantitative estimate of drug-likeness (QED) is 0.568. The number of aliphatic hydroxyl groups is 1.